The first kappa shape index (κ1) is 18.6. The van der Waals surface area contributed by atoms with Gasteiger partial charge in [0.15, 0.2) is 12.5 Å². The van der Waals surface area contributed by atoms with Crippen LogP contribution >= 0.6 is 11.8 Å². The van der Waals surface area contributed by atoms with E-state index in [1.807, 2.05) is 0 Å². The Morgan fingerprint density at radius 1 is 1.30 bits per heavy atom. The van der Waals surface area contributed by atoms with Gasteiger partial charge in [0, 0.05) is 6.07 Å². The Balaban J connectivity index is 1.44. The van der Waals surface area contributed by atoms with E-state index in [1.54, 1.807) is 37.3 Å². The molecular weight excluding hydrogens is 374 g/mol. The third-order valence-electron chi connectivity index (χ3n) is 3.33. The molecule has 0 saturated carbocycles. The molecule has 2 aromatic heterocycles. The summed E-state index contributed by atoms with van der Waals surface area (Å²) in [6.07, 6.45) is 0. The standard InChI is InChI=1S/C16H15N5O5S/c1-10-6-13(19-26-10)17-14(22)7-27-8-15(23)25-9-21-16(24)11-4-2-3-5-12(11)18-20-21/h2-6H,7-9H2,1H3,(H,17,19,22). The molecule has 0 fully saturated rings. The highest BCUT2D eigenvalue weighted by molar-refractivity contribution is 8.00. The van der Waals surface area contributed by atoms with Gasteiger partial charge in [0.25, 0.3) is 5.56 Å². The van der Waals surface area contributed by atoms with Crippen LogP contribution in [0.5, 0.6) is 0 Å². The highest BCUT2D eigenvalue weighted by Crippen LogP contribution is 2.09. The molecule has 10 nitrogen and oxygen atoms in total. The number of fused-ring (bicyclic) bond motifs is 1. The van der Waals surface area contributed by atoms with Gasteiger partial charge in [-0.05, 0) is 19.1 Å². The molecule has 3 rings (SSSR count). The normalized spacial score (nSPS) is 10.7. The summed E-state index contributed by atoms with van der Waals surface area (Å²) in [7, 11) is 0. The van der Waals surface area contributed by atoms with Gasteiger partial charge in [-0.2, -0.15) is 4.68 Å². The molecule has 0 aliphatic rings. The van der Waals surface area contributed by atoms with E-state index in [-0.39, 0.29) is 24.1 Å². The molecule has 1 N–H and O–H groups in total. The van der Waals surface area contributed by atoms with E-state index in [9.17, 15) is 14.4 Å². The molecule has 140 valence electrons. The second kappa shape index (κ2) is 8.45. The number of carbonyl (C=O) groups excluding carboxylic acids is 2. The topological polar surface area (TPSA) is 129 Å². The molecule has 0 aliphatic carbocycles. The first-order valence-corrected chi connectivity index (χ1v) is 8.97. The Kier molecular flexibility index (Phi) is 5.81. The van der Waals surface area contributed by atoms with Crippen molar-refractivity contribution in [3.63, 3.8) is 0 Å². The van der Waals surface area contributed by atoms with Crippen molar-refractivity contribution in [1.82, 2.24) is 20.2 Å². The van der Waals surface area contributed by atoms with Gasteiger partial charge < -0.3 is 14.6 Å². The summed E-state index contributed by atoms with van der Waals surface area (Å²) in [5, 5.41) is 14.2. The molecule has 1 amide bonds. The molecule has 11 heteroatoms. The van der Waals surface area contributed by atoms with Gasteiger partial charge >= 0.3 is 5.97 Å². The lowest BCUT2D eigenvalue weighted by Crippen LogP contribution is -2.27. The van der Waals surface area contributed by atoms with Gasteiger partial charge in [-0.1, -0.05) is 22.5 Å². The number of nitrogens with zero attached hydrogens (tertiary/aromatic N) is 4. The number of hydrogen-bond acceptors (Lipinski definition) is 9. The monoisotopic (exact) mass is 389 g/mol. The van der Waals surface area contributed by atoms with Crippen LogP contribution in [0.2, 0.25) is 0 Å². The van der Waals surface area contributed by atoms with Crippen molar-refractivity contribution in [2.24, 2.45) is 0 Å². The molecule has 0 atom stereocenters. The molecule has 0 saturated heterocycles. The summed E-state index contributed by atoms with van der Waals surface area (Å²) in [6.45, 7) is 1.36. The summed E-state index contributed by atoms with van der Waals surface area (Å²) in [6, 6.07) is 8.33. The third-order valence-corrected chi connectivity index (χ3v) is 4.23. The van der Waals surface area contributed by atoms with Crippen LogP contribution in [0.3, 0.4) is 0 Å². The molecule has 1 aromatic carbocycles. The molecule has 0 bridgehead atoms. The van der Waals surface area contributed by atoms with Gasteiger partial charge in [0.2, 0.25) is 5.91 Å². The van der Waals surface area contributed by atoms with Crippen molar-refractivity contribution in [2.45, 2.75) is 13.7 Å². The van der Waals surface area contributed by atoms with E-state index in [0.29, 0.717) is 22.5 Å². The third kappa shape index (κ3) is 4.91. The summed E-state index contributed by atoms with van der Waals surface area (Å²) in [4.78, 5) is 35.7. The SMILES string of the molecule is Cc1cc(NC(=O)CSCC(=O)OCn2nnc3ccccc3c2=O)no1. The summed E-state index contributed by atoms with van der Waals surface area (Å²) in [5.41, 5.74) is 0.0669. The number of benzene rings is 1. The number of esters is 1. The number of carbonyl (C=O) groups is 2. The smallest absolute Gasteiger partial charge is 0.317 e. The van der Waals surface area contributed by atoms with Gasteiger partial charge in [0.05, 0.1) is 16.9 Å². The van der Waals surface area contributed by atoms with Crippen LogP contribution in [-0.4, -0.2) is 43.5 Å². The number of amides is 1. The number of aryl methyl sites for hydroxylation is 1. The predicted octanol–water partition coefficient (Wildman–Crippen LogP) is 0.961. The van der Waals surface area contributed by atoms with E-state index in [4.69, 9.17) is 9.26 Å². The van der Waals surface area contributed by atoms with Crippen LogP contribution in [0.15, 0.2) is 39.6 Å². The first-order valence-electron chi connectivity index (χ1n) is 7.82. The van der Waals surface area contributed by atoms with Crippen LogP contribution in [0, 0.1) is 6.92 Å². The van der Waals surface area contributed by atoms with E-state index in [1.165, 1.54) is 0 Å². The fourth-order valence-corrected chi connectivity index (χ4v) is 2.72. The zero-order valence-corrected chi connectivity index (χ0v) is 15.1. The Morgan fingerprint density at radius 3 is 2.89 bits per heavy atom. The van der Waals surface area contributed by atoms with Crippen molar-refractivity contribution >= 4 is 40.4 Å². The number of ether oxygens (including phenoxy) is 1. The fourth-order valence-electron chi connectivity index (χ4n) is 2.11. The zero-order chi connectivity index (χ0) is 19.2. The second-order valence-electron chi connectivity index (χ2n) is 5.42. The second-order valence-corrected chi connectivity index (χ2v) is 6.41. The molecule has 3 aromatic rings. The Hall–Kier alpha value is -3.21. The number of rotatable bonds is 7. The minimum absolute atomic E-state index is 0.0384. The number of hydrogen-bond donors (Lipinski definition) is 1. The highest BCUT2D eigenvalue weighted by atomic mass is 32.2. The van der Waals surface area contributed by atoms with E-state index in [2.05, 4.69) is 20.8 Å². The number of nitrogens with one attached hydrogen (secondary N) is 1. The number of aromatic nitrogens is 4. The van der Waals surface area contributed by atoms with E-state index in [0.717, 1.165) is 16.4 Å². The van der Waals surface area contributed by atoms with Crippen LogP contribution < -0.4 is 10.9 Å². The molecular formula is C16H15N5O5S. The van der Waals surface area contributed by atoms with Gasteiger partial charge in [0.1, 0.15) is 11.3 Å². The molecule has 27 heavy (non-hydrogen) atoms. The summed E-state index contributed by atoms with van der Waals surface area (Å²) in [5.74, 6) is -0.0225. The van der Waals surface area contributed by atoms with Crippen LogP contribution in [0.4, 0.5) is 5.82 Å². The highest BCUT2D eigenvalue weighted by Gasteiger charge is 2.11. The first-order chi connectivity index (χ1) is 13.0. The largest absolute Gasteiger partial charge is 0.442 e. The van der Waals surface area contributed by atoms with Gasteiger partial charge in [-0.15, -0.1) is 16.9 Å². The quantitative estimate of drug-likeness (QED) is 0.587. The van der Waals surface area contributed by atoms with Crippen LogP contribution in [0.25, 0.3) is 10.9 Å². The van der Waals surface area contributed by atoms with Crippen molar-refractivity contribution in [3.05, 3.63) is 46.4 Å². The Bertz CT molecular complexity index is 1030. The summed E-state index contributed by atoms with van der Waals surface area (Å²) < 4.78 is 10.8. The number of anilines is 1. The maximum absolute atomic E-state index is 12.2. The van der Waals surface area contributed by atoms with E-state index >= 15 is 0 Å². The molecule has 2 heterocycles. The van der Waals surface area contributed by atoms with Crippen LogP contribution in [-0.2, 0) is 21.1 Å². The van der Waals surface area contributed by atoms with Crippen molar-refractivity contribution in [1.29, 1.82) is 0 Å². The van der Waals surface area contributed by atoms with Crippen LogP contribution in [0.1, 0.15) is 5.76 Å². The minimum atomic E-state index is -0.577. The lowest BCUT2D eigenvalue weighted by Gasteiger charge is -2.06. The minimum Gasteiger partial charge on any atom is -0.442 e. The lowest BCUT2D eigenvalue weighted by molar-refractivity contribution is -0.144. The molecule has 0 spiro atoms. The van der Waals surface area contributed by atoms with Crippen molar-refractivity contribution in [3.8, 4) is 0 Å². The van der Waals surface area contributed by atoms with Crippen molar-refractivity contribution in [2.75, 3.05) is 16.8 Å². The average molecular weight is 389 g/mol. The summed E-state index contributed by atoms with van der Waals surface area (Å²) >= 11 is 1.07. The lowest BCUT2D eigenvalue weighted by atomic mass is 10.2. The maximum atomic E-state index is 12.2. The predicted molar refractivity (Wildman–Crippen MR) is 97.1 cm³/mol. The van der Waals surface area contributed by atoms with Crippen molar-refractivity contribution < 1.29 is 18.8 Å². The number of thioether (sulfide) groups is 1. The zero-order valence-electron chi connectivity index (χ0n) is 14.2. The van der Waals surface area contributed by atoms with E-state index < -0.39 is 11.5 Å². The molecule has 0 aliphatic heterocycles. The maximum Gasteiger partial charge on any atom is 0.317 e. The molecule has 0 unspecified atom stereocenters. The van der Waals surface area contributed by atoms with Gasteiger partial charge in [-0.3, -0.25) is 14.4 Å². The molecule has 0 radical (unpaired) electrons. The average Bonchev–Trinajstić information content (AvgIpc) is 3.06. The fraction of sp³-hybridized carbons (Fsp3) is 0.250. The van der Waals surface area contributed by atoms with Gasteiger partial charge in [-0.25, -0.2) is 0 Å². The Morgan fingerprint density at radius 2 is 2.11 bits per heavy atom. The Labute approximate surface area is 156 Å².